The van der Waals surface area contributed by atoms with Crippen LogP contribution in [0.15, 0.2) is 112 Å². The number of alkyl halides is 6. The number of sulfonamides is 2. The lowest BCUT2D eigenvalue weighted by molar-refractivity contribution is -0.139. The average molecular weight is 1110 g/mol. The number of nitrogens with one attached hydrogen (secondary N) is 3. The lowest BCUT2D eigenvalue weighted by atomic mass is 10.00. The molecule has 6 rings (SSSR count). The van der Waals surface area contributed by atoms with Gasteiger partial charge in [0.25, 0.3) is 20.0 Å². The molecule has 27 heteroatoms. The molecule has 0 aliphatic heterocycles. The molecular formula is C47H41Cl2F6N7O10S2. The molecule has 0 aliphatic carbocycles. The van der Waals surface area contributed by atoms with Crippen LogP contribution in [-0.2, 0) is 48.4 Å². The number of hydrogen-bond donors (Lipinski definition) is 4. The van der Waals surface area contributed by atoms with Gasteiger partial charge in [-0.3, -0.25) is 23.8 Å². The van der Waals surface area contributed by atoms with E-state index in [0.717, 1.165) is 48.8 Å². The van der Waals surface area contributed by atoms with E-state index < -0.39 is 64.9 Å². The van der Waals surface area contributed by atoms with Crippen molar-refractivity contribution < 1.29 is 71.8 Å². The number of isocyanates is 1. The number of ether oxygens (including phenoxy) is 2. The van der Waals surface area contributed by atoms with Crippen LogP contribution >= 0.6 is 23.2 Å². The number of pyridine rings is 2. The molecule has 0 atom stereocenters. The largest absolute Gasteiger partial charge is 0.496 e. The molecule has 0 saturated heterocycles. The molecule has 0 spiro atoms. The number of methoxy groups -OCH3 is 2. The normalized spacial score (nSPS) is 11.3. The lowest BCUT2D eigenvalue weighted by Crippen LogP contribution is -2.21. The molecule has 392 valence electrons. The van der Waals surface area contributed by atoms with Crippen molar-refractivity contribution in [2.45, 2.75) is 42.4 Å². The molecule has 0 radical (unpaired) electrons. The number of ketones is 2. The molecule has 5 N–H and O–H groups in total. The predicted octanol–water partition coefficient (Wildman–Crippen LogP) is 9.03. The van der Waals surface area contributed by atoms with E-state index in [1.54, 1.807) is 6.07 Å². The highest BCUT2D eigenvalue weighted by Gasteiger charge is 2.36. The number of nitrogens with two attached hydrogens (primary N) is 1. The molecule has 0 fully saturated rings. The molecule has 17 nitrogen and oxygen atoms in total. The molecule has 2 aromatic heterocycles. The minimum absolute atomic E-state index is 0.00228. The summed E-state index contributed by atoms with van der Waals surface area (Å²) in [5.41, 5.74) is 2.43. The number of anilines is 3. The number of rotatable bonds is 14. The Kier molecular flexibility index (Phi) is 19.5. The number of likely N-dealkylation sites (N-methyl/N-ethyl adjacent to an activating group) is 1. The Morgan fingerprint density at radius 2 is 1.09 bits per heavy atom. The van der Waals surface area contributed by atoms with Gasteiger partial charge in [0.1, 0.15) is 17.1 Å². The maximum Gasteiger partial charge on any atom is 0.416 e. The van der Waals surface area contributed by atoms with Crippen molar-refractivity contribution in [1.29, 1.82) is 0 Å². The number of amides is 1. The second-order valence-electron chi connectivity index (χ2n) is 15.0. The van der Waals surface area contributed by atoms with Gasteiger partial charge in [-0.2, -0.15) is 26.3 Å². The van der Waals surface area contributed by atoms with Gasteiger partial charge in [0.2, 0.25) is 23.6 Å². The van der Waals surface area contributed by atoms with Crippen molar-refractivity contribution in [2.75, 3.05) is 43.5 Å². The zero-order chi connectivity index (χ0) is 55.5. The summed E-state index contributed by atoms with van der Waals surface area (Å²) in [6.07, 6.45) is -6.08. The first-order chi connectivity index (χ1) is 34.5. The van der Waals surface area contributed by atoms with Crippen molar-refractivity contribution >= 4 is 83.9 Å². The van der Waals surface area contributed by atoms with Gasteiger partial charge in [0, 0.05) is 32.1 Å². The number of hydrogen-bond acceptors (Lipinski definition) is 14. The number of carbonyl (C=O) groups is 3. The highest BCUT2D eigenvalue weighted by molar-refractivity contribution is 7.93. The standard InChI is InChI=1S/C24H21ClF3N3O5S.C21H17ClF3N3O4S.C2H3NO/c1-13-7-8-16(11-18(13)24(26,27)28)37(34,35)31-19-10-15(25)12-30-21(19)22(33)17-6-4-5-14(23(17)36-3)9-20(32)29-2;1-11-6-7-13(9-15(11)21(23,24)25)33(30,31)28-17-8-12(22)10-27-18(17)19(29)14-4-3-5-16(26)20(14)32-2;1-3-2-4/h4-8,10-12,31H,9H2,1-3H3,(H,29,32);3-10,28H,26H2,1-2H3;1H3. The Bertz CT molecular complexity index is 3400. The third-order valence-corrected chi connectivity index (χ3v) is 13.2. The third-order valence-electron chi connectivity index (χ3n) is 10.0. The molecule has 1 amide bonds. The van der Waals surface area contributed by atoms with Crippen molar-refractivity contribution in [3.63, 3.8) is 0 Å². The summed E-state index contributed by atoms with van der Waals surface area (Å²) in [5, 5.41) is 2.42. The molecule has 0 aliphatic rings. The first kappa shape index (κ1) is 59.0. The van der Waals surface area contributed by atoms with Gasteiger partial charge in [0.05, 0.1) is 79.8 Å². The third kappa shape index (κ3) is 14.6. The Hall–Kier alpha value is -7.57. The van der Waals surface area contributed by atoms with Gasteiger partial charge >= 0.3 is 12.4 Å². The Morgan fingerprint density at radius 3 is 1.47 bits per heavy atom. The number of aryl methyl sites for hydroxylation is 2. The number of nitrogens with zero attached hydrogens (tertiary/aromatic N) is 3. The van der Waals surface area contributed by atoms with Gasteiger partial charge in [-0.25, -0.2) is 36.6 Å². The van der Waals surface area contributed by atoms with Crippen LogP contribution in [-0.4, -0.2) is 78.7 Å². The van der Waals surface area contributed by atoms with Gasteiger partial charge in [-0.1, -0.05) is 53.5 Å². The number of para-hydroxylation sites is 2. The van der Waals surface area contributed by atoms with Gasteiger partial charge < -0.3 is 20.5 Å². The smallest absolute Gasteiger partial charge is 0.416 e. The van der Waals surface area contributed by atoms with Crippen LogP contribution in [0.1, 0.15) is 59.9 Å². The number of halogens is 8. The maximum absolute atomic E-state index is 13.4. The van der Waals surface area contributed by atoms with Gasteiger partial charge in [-0.15, -0.1) is 0 Å². The average Bonchev–Trinajstić information content (AvgIpc) is 3.33. The van der Waals surface area contributed by atoms with Gasteiger partial charge in [0.15, 0.2) is 5.75 Å². The molecular weight excluding hydrogens is 1070 g/mol. The van der Waals surface area contributed by atoms with Crippen LogP contribution in [0.5, 0.6) is 11.5 Å². The minimum atomic E-state index is -4.77. The number of carbonyl (C=O) groups excluding carboxylic acids is 4. The Morgan fingerprint density at radius 1 is 0.689 bits per heavy atom. The first-order valence-electron chi connectivity index (χ1n) is 20.6. The van der Waals surface area contributed by atoms with E-state index in [-0.39, 0.29) is 84.6 Å². The maximum atomic E-state index is 13.4. The van der Waals surface area contributed by atoms with Crippen LogP contribution in [0.2, 0.25) is 10.0 Å². The van der Waals surface area contributed by atoms with E-state index in [4.69, 9.17) is 43.2 Å². The number of aromatic nitrogens is 2. The molecule has 6 aromatic rings. The summed E-state index contributed by atoms with van der Waals surface area (Å²) in [6, 6.07) is 16.2. The monoisotopic (exact) mass is 1110 g/mol. The number of benzene rings is 4. The SMILES string of the molecule is CN=C=O.CNC(=O)Cc1cccc(C(=O)c2ncc(Cl)cc2NS(=O)(=O)c2ccc(C)c(C(F)(F)F)c2)c1OC.COc1c(N)cccc1C(=O)c1ncc(Cl)cc1NS(=O)(=O)c1ccc(C)c(C(F)(F)F)c1. The molecule has 0 unspecified atom stereocenters. The van der Waals surface area contributed by atoms with Crippen LogP contribution < -0.4 is 30.0 Å². The van der Waals surface area contributed by atoms with Crippen molar-refractivity contribution in [1.82, 2.24) is 15.3 Å². The summed E-state index contributed by atoms with van der Waals surface area (Å²) in [6.45, 7) is 2.42. The Labute approximate surface area is 429 Å². The second-order valence-corrected chi connectivity index (χ2v) is 19.2. The van der Waals surface area contributed by atoms with Crippen LogP contribution in [0.25, 0.3) is 0 Å². The van der Waals surface area contributed by atoms with Crippen LogP contribution in [0.3, 0.4) is 0 Å². The van der Waals surface area contributed by atoms with E-state index >= 15 is 0 Å². The summed E-state index contributed by atoms with van der Waals surface area (Å²) in [4.78, 5) is 56.8. The van der Waals surface area contributed by atoms with Crippen molar-refractivity contribution in [2.24, 2.45) is 4.99 Å². The molecule has 2 heterocycles. The summed E-state index contributed by atoms with van der Waals surface area (Å²) >= 11 is 11.9. The molecule has 0 bridgehead atoms. The fourth-order valence-corrected chi connectivity index (χ4v) is 9.05. The fraction of sp³-hybridized carbons (Fsp3) is 0.191. The second kappa shape index (κ2) is 24.4. The zero-order valence-corrected chi connectivity index (χ0v) is 42.4. The topological polar surface area (TPSA) is 255 Å². The minimum Gasteiger partial charge on any atom is -0.496 e. The van der Waals surface area contributed by atoms with E-state index in [9.17, 15) is 57.6 Å². The van der Waals surface area contributed by atoms with E-state index in [0.29, 0.717) is 17.7 Å². The predicted molar refractivity (Wildman–Crippen MR) is 262 cm³/mol. The number of aliphatic imine (C=N–C) groups is 1. The summed E-state index contributed by atoms with van der Waals surface area (Å²) in [7, 11) is -3.71. The van der Waals surface area contributed by atoms with Crippen molar-refractivity contribution in [3.05, 3.63) is 158 Å². The number of nitrogen functional groups attached to an aromatic ring is 1. The van der Waals surface area contributed by atoms with Crippen molar-refractivity contribution in [3.8, 4) is 11.5 Å². The zero-order valence-electron chi connectivity index (χ0n) is 39.3. The van der Waals surface area contributed by atoms with E-state index in [1.165, 1.54) is 78.6 Å². The highest BCUT2D eigenvalue weighted by atomic mass is 35.5. The molecule has 74 heavy (non-hydrogen) atoms. The molecule has 0 saturated carbocycles. The lowest BCUT2D eigenvalue weighted by Gasteiger charge is -2.16. The van der Waals surface area contributed by atoms with Crippen LogP contribution in [0, 0.1) is 13.8 Å². The van der Waals surface area contributed by atoms with Crippen LogP contribution in [0.4, 0.5) is 43.4 Å². The summed E-state index contributed by atoms with van der Waals surface area (Å²) in [5.74, 6) is -1.72. The fourth-order valence-electron chi connectivity index (χ4n) is 6.57. The van der Waals surface area contributed by atoms with E-state index in [2.05, 4.69) is 29.7 Å². The van der Waals surface area contributed by atoms with Gasteiger partial charge in [-0.05, 0) is 79.6 Å². The highest BCUT2D eigenvalue weighted by Crippen LogP contribution is 2.37. The summed E-state index contributed by atoms with van der Waals surface area (Å²) < 4.78 is 146. The first-order valence-corrected chi connectivity index (χ1v) is 24.3. The Balaban J connectivity index is 0.000000300. The quantitative estimate of drug-likeness (QED) is 0.0261. The molecule has 4 aromatic carbocycles. The van der Waals surface area contributed by atoms with E-state index in [1.807, 2.05) is 0 Å².